The molecule has 2 heteroatoms. The summed E-state index contributed by atoms with van der Waals surface area (Å²) in [5, 5.41) is 4.64. The fraction of sp³-hybridized carbons (Fsp3) is 0.500. The molecule has 98 valence electrons. The van der Waals surface area contributed by atoms with Crippen LogP contribution in [-0.2, 0) is 0 Å². The first-order chi connectivity index (χ1) is 8.54. The Bertz CT molecular complexity index is 505. The van der Waals surface area contributed by atoms with Crippen molar-refractivity contribution >= 4 is 10.9 Å². The maximum atomic E-state index is 3.40. The Balaban J connectivity index is 2.41. The van der Waals surface area contributed by atoms with Gasteiger partial charge in [-0.15, -0.1) is 0 Å². The molecule has 0 aliphatic carbocycles. The predicted molar refractivity (Wildman–Crippen MR) is 79.0 cm³/mol. The van der Waals surface area contributed by atoms with E-state index in [1.807, 2.05) is 7.05 Å². The molecule has 0 aliphatic rings. The molecule has 1 heterocycles. The molecule has 1 atom stereocenters. The standard InChI is InChI=1S/C16H24N2/c1-16(2,3)14(9-10-17-4)13-11-18-15-8-6-5-7-12(13)15/h5-8,11,14,17-18H,9-10H2,1-4H3/t14-/m0/s1. The van der Waals surface area contributed by atoms with Gasteiger partial charge in [0, 0.05) is 17.1 Å². The first-order valence-corrected chi connectivity index (χ1v) is 6.74. The van der Waals surface area contributed by atoms with Crippen molar-refractivity contribution in [3.8, 4) is 0 Å². The number of hydrogen-bond donors (Lipinski definition) is 2. The molecule has 0 fully saturated rings. The van der Waals surface area contributed by atoms with E-state index in [2.05, 4.69) is 61.5 Å². The Hall–Kier alpha value is -1.28. The van der Waals surface area contributed by atoms with Crippen molar-refractivity contribution in [2.24, 2.45) is 5.41 Å². The molecule has 0 saturated carbocycles. The van der Waals surface area contributed by atoms with Crippen LogP contribution in [0.5, 0.6) is 0 Å². The molecule has 0 aliphatic heterocycles. The fourth-order valence-electron chi connectivity index (χ4n) is 2.73. The summed E-state index contributed by atoms with van der Waals surface area (Å²) in [5.41, 5.74) is 2.97. The van der Waals surface area contributed by atoms with E-state index in [0.29, 0.717) is 5.92 Å². The zero-order chi connectivity index (χ0) is 13.2. The summed E-state index contributed by atoms with van der Waals surface area (Å²) in [7, 11) is 2.02. The summed E-state index contributed by atoms with van der Waals surface area (Å²) < 4.78 is 0. The second-order valence-corrected chi connectivity index (χ2v) is 6.10. The number of aromatic amines is 1. The SMILES string of the molecule is CNCC[C@@H](c1c[nH]c2ccccc12)C(C)(C)C. The first-order valence-electron chi connectivity index (χ1n) is 6.74. The number of para-hydroxylation sites is 1. The summed E-state index contributed by atoms with van der Waals surface area (Å²) in [5.74, 6) is 0.570. The lowest BCUT2D eigenvalue weighted by Gasteiger charge is -2.30. The van der Waals surface area contributed by atoms with Crippen LogP contribution >= 0.6 is 0 Å². The van der Waals surface area contributed by atoms with Crippen LogP contribution in [0.15, 0.2) is 30.5 Å². The zero-order valence-corrected chi connectivity index (χ0v) is 11.9. The number of H-pyrrole nitrogens is 1. The van der Waals surface area contributed by atoms with Gasteiger partial charge in [0.15, 0.2) is 0 Å². The molecule has 1 aromatic heterocycles. The average Bonchev–Trinajstić information content (AvgIpc) is 2.72. The van der Waals surface area contributed by atoms with Crippen molar-refractivity contribution in [1.29, 1.82) is 0 Å². The number of nitrogens with one attached hydrogen (secondary N) is 2. The van der Waals surface area contributed by atoms with Crippen LogP contribution in [0.4, 0.5) is 0 Å². The fourth-order valence-corrected chi connectivity index (χ4v) is 2.73. The Morgan fingerprint density at radius 1 is 1.22 bits per heavy atom. The highest BCUT2D eigenvalue weighted by Gasteiger charge is 2.27. The summed E-state index contributed by atoms with van der Waals surface area (Å²) in [6.45, 7) is 8.04. The molecule has 18 heavy (non-hydrogen) atoms. The second-order valence-electron chi connectivity index (χ2n) is 6.10. The van der Waals surface area contributed by atoms with Gasteiger partial charge in [0.1, 0.15) is 0 Å². The largest absolute Gasteiger partial charge is 0.361 e. The average molecular weight is 244 g/mol. The van der Waals surface area contributed by atoms with Gasteiger partial charge in [-0.3, -0.25) is 0 Å². The van der Waals surface area contributed by atoms with Crippen LogP contribution in [0.2, 0.25) is 0 Å². The summed E-state index contributed by atoms with van der Waals surface area (Å²) >= 11 is 0. The van der Waals surface area contributed by atoms with Gasteiger partial charge in [0.25, 0.3) is 0 Å². The van der Waals surface area contributed by atoms with E-state index in [1.165, 1.54) is 22.9 Å². The van der Waals surface area contributed by atoms with E-state index >= 15 is 0 Å². The van der Waals surface area contributed by atoms with Gasteiger partial charge in [0.05, 0.1) is 0 Å². The van der Waals surface area contributed by atoms with Crippen molar-refractivity contribution in [3.63, 3.8) is 0 Å². The smallest absolute Gasteiger partial charge is 0.0456 e. The van der Waals surface area contributed by atoms with Gasteiger partial charge in [-0.1, -0.05) is 39.0 Å². The van der Waals surface area contributed by atoms with E-state index < -0.39 is 0 Å². The third-order valence-electron chi connectivity index (χ3n) is 3.73. The molecule has 2 N–H and O–H groups in total. The molecule has 2 nitrogen and oxygen atoms in total. The van der Waals surface area contributed by atoms with Gasteiger partial charge in [0.2, 0.25) is 0 Å². The lowest BCUT2D eigenvalue weighted by molar-refractivity contribution is 0.305. The molecule has 0 spiro atoms. The molecule has 1 aromatic carbocycles. The Morgan fingerprint density at radius 2 is 1.94 bits per heavy atom. The molecule has 0 radical (unpaired) electrons. The van der Waals surface area contributed by atoms with Crippen LogP contribution in [0, 0.1) is 5.41 Å². The lowest BCUT2D eigenvalue weighted by Crippen LogP contribution is -2.22. The van der Waals surface area contributed by atoms with Crippen LogP contribution in [0.3, 0.4) is 0 Å². The summed E-state index contributed by atoms with van der Waals surface area (Å²) in [4.78, 5) is 3.40. The van der Waals surface area contributed by atoms with Crippen molar-refractivity contribution in [1.82, 2.24) is 10.3 Å². The molecule has 0 bridgehead atoms. The van der Waals surface area contributed by atoms with Crippen molar-refractivity contribution in [3.05, 3.63) is 36.0 Å². The zero-order valence-electron chi connectivity index (χ0n) is 11.9. The highest BCUT2D eigenvalue weighted by atomic mass is 14.8. The topological polar surface area (TPSA) is 27.8 Å². The van der Waals surface area contributed by atoms with Crippen molar-refractivity contribution < 1.29 is 0 Å². The normalized spacial score (nSPS) is 14.0. The lowest BCUT2D eigenvalue weighted by atomic mass is 9.74. The Kier molecular flexibility index (Phi) is 3.76. The van der Waals surface area contributed by atoms with E-state index in [0.717, 1.165) is 6.54 Å². The van der Waals surface area contributed by atoms with Crippen LogP contribution in [0.25, 0.3) is 10.9 Å². The number of hydrogen-bond acceptors (Lipinski definition) is 1. The number of fused-ring (bicyclic) bond motifs is 1. The first kappa shape index (κ1) is 13.2. The van der Waals surface area contributed by atoms with Crippen LogP contribution in [-0.4, -0.2) is 18.6 Å². The highest BCUT2D eigenvalue weighted by Crippen LogP contribution is 2.40. The van der Waals surface area contributed by atoms with Gasteiger partial charge in [-0.05, 0) is 43.0 Å². The molecule has 0 amide bonds. The number of benzene rings is 1. The maximum Gasteiger partial charge on any atom is 0.0456 e. The minimum Gasteiger partial charge on any atom is -0.361 e. The Labute approximate surface area is 110 Å². The molecule has 0 saturated heterocycles. The number of rotatable bonds is 4. The highest BCUT2D eigenvalue weighted by molar-refractivity contribution is 5.83. The monoisotopic (exact) mass is 244 g/mol. The third kappa shape index (κ3) is 2.59. The second kappa shape index (κ2) is 5.15. The molecular formula is C16H24N2. The quantitative estimate of drug-likeness (QED) is 0.838. The van der Waals surface area contributed by atoms with Crippen molar-refractivity contribution in [2.45, 2.75) is 33.1 Å². The summed E-state index contributed by atoms with van der Waals surface area (Å²) in [6, 6.07) is 8.58. The number of aromatic nitrogens is 1. The predicted octanol–water partition coefficient (Wildman–Crippen LogP) is 3.91. The van der Waals surface area contributed by atoms with Crippen LogP contribution < -0.4 is 5.32 Å². The molecule has 2 rings (SSSR count). The third-order valence-corrected chi connectivity index (χ3v) is 3.73. The van der Waals surface area contributed by atoms with E-state index in [4.69, 9.17) is 0 Å². The van der Waals surface area contributed by atoms with E-state index in [9.17, 15) is 0 Å². The van der Waals surface area contributed by atoms with Crippen LogP contribution in [0.1, 0.15) is 38.7 Å². The molecule has 0 unspecified atom stereocenters. The van der Waals surface area contributed by atoms with Gasteiger partial charge in [-0.2, -0.15) is 0 Å². The molecular weight excluding hydrogens is 220 g/mol. The minimum atomic E-state index is 0.280. The van der Waals surface area contributed by atoms with Crippen molar-refractivity contribution in [2.75, 3.05) is 13.6 Å². The maximum absolute atomic E-state index is 3.40. The minimum absolute atomic E-state index is 0.280. The van der Waals surface area contributed by atoms with Gasteiger partial charge >= 0.3 is 0 Å². The van der Waals surface area contributed by atoms with E-state index in [-0.39, 0.29) is 5.41 Å². The van der Waals surface area contributed by atoms with Gasteiger partial charge in [-0.25, -0.2) is 0 Å². The summed E-state index contributed by atoms with van der Waals surface area (Å²) in [6.07, 6.45) is 3.36. The van der Waals surface area contributed by atoms with E-state index in [1.54, 1.807) is 0 Å². The molecule has 2 aromatic rings. The van der Waals surface area contributed by atoms with Gasteiger partial charge < -0.3 is 10.3 Å². The Morgan fingerprint density at radius 3 is 2.61 bits per heavy atom.